The third-order valence-electron chi connectivity index (χ3n) is 1.42. The average Bonchev–Trinajstić information content (AvgIpc) is 2.22. The van der Waals surface area contributed by atoms with Crippen LogP contribution in [0, 0.1) is 0 Å². The van der Waals surface area contributed by atoms with Crippen molar-refractivity contribution in [3.05, 3.63) is 11.0 Å². The van der Waals surface area contributed by atoms with Gasteiger partial charge in [0.15, 0.2) is 0 Å². The van der Waals surface area contributed by atoms with Crippen molar-refractivity contribution in [3.63, 3.8) is 0 Å². The van der Waals surface area contributed by atoms with Crippen molar-refractivity contribution >= 4 is 16.1 Å². The molecule has 17 heavy (non-hydrogen) atoms. The molecule has 0 aliphatic heterocycles. The van der Waals surface area contributed by atoms with Crippen LogP contribution in [0.4, 0.5) is 0 Å². The number of hydrogen-bond donors (Lipinski definition) is 1. The first-order chi connectivity index (χ1) is 7.43. The number of ether oxygens (including phenoxy) is 1. The second-order valence-corrected chi connectivity index (χ2v) is 4.43. The topological polar surface area (TPSA) is 89.9 Å². The van der Waals surface area contributed by atoms with Crippen molar-refractivity contribution in [1.82, 2.24) is 0 Å². The summed E-state index contributed by atoms with van der Waals surface area (Å²) in [6.45, 7) is 2.63. The molecule has 0 fully saturated rings. The summed E-state index contributed by atoms with van der Waals surface area (Å²) in [5, 5.41) is 9.07. The summed E-state index contributed by atoms with van der Waals surface area (Å²) in [5.74, 6) is -0.696. The molecule has 0 aromatic carbocycles. The number of hydrogen-bond acceptors (Lipinski definition) is 6. The number of aliphatic hydroxyl groups is 1. The molecule has 0 rings (SSSR count). The normalized spacial score (nSPS) is 11.8. The van der Waals surface area contributed by atoms with Gasteiger partial charge in [0.25, 0.3) is 10.1 Å². The van der Waals surface area contributed by atoms with Gasteiger partial charge in [-0.05, 0) is 13.3 Å². The van der Waals surface area contributed by atoms with Crippen molar-refractivity contribution in [2.24, 2.45) is 0 Å². The van der Waals surface area contributed by atoms with Crippen LogP contribution in [0.25, 0.3) is 0 Å². The van der Waals surface area contributed by atoms with Crippen LogP contribution < -0.4 is 29.6 Å². The minimum absolute atomic E-state index is 0. The first-order valence-corrected chi connectivity index (χ1v) is 6.25. The summed E-state index contributed by atoms with van der Waals surface area (Å²) < 4.78 is 31.4. The first-order valence-electron chi connectivity index (χ1n) is 4.78. The largest absolute Gasteiger partial charge is 1.00 e. The fourth-order valence-electron chi connectivity index (χ4n) is 0.761. The van der Waals surface area contributed by atoms with Crippen LogP contribution in [0.1, 0.15) is 21.7 Å². The van der Waals surface area contributed by atoms with E-state index in [4.69, 9.17) is 9.84 Å². The third kappa shape index (κ3) is 9.75. The molecule has 1 N–H and O–H groups in total. The van der Waals surface area contributed by atoms with Gasteiger partial charge in [-0.15, -0.1) is 0 Å². The second kappa shape index (κ2) is 10.0. The van der Waals surface area contributed by atoms with E-state index < -0.39 is 22.7 Å². The fraction of sp³-hybridized carbons (Fsp3) is 0.667. The maximum atomic E-state index is 11.2. The quantitative estimate of drug-likeness (QED) is 0.235. The molecule has 0 amide bonds. The molecule has 0 spiro atoms. The van der Waals surface area contributed by atoms with Crippen molar-refractivity contribution in [2.75, 3.05) is 19.8 Å². The Bertz CT molecular complexity index is 354. The molecule has 0 aliphatic carbocycles. The van der Waals surface area contributed by atoms with E-state index in [2.05, 4.69) is 4.18 Å². The maximum absolute atomic E-state index is 11.2. The van der Waals surface area contributed by atoms with E-state index in [9.17, 15) is 13.2 Å². The van der Waals surface area contributed by atoms with Crippen molar-refractivity contribution in [3.8, 4) is 0 Å². The van der Waals surface area contributed by atoms with Gasteiger partial charge in [-0.2, -0.15) is 8.42 Å². The van der Waals surface area contributed by atoms with E-state index in [0.29, 0.717) is 11.8 Å². The van der Waals surface area contributed by atoms with Gasteiger partial charge in [-0.25, -0.2) is 4.79 Å². The minimum Gasteiger partial charge on any atom is -1.00 e. The molecule has 0 aromatic rings. The van der Waals surface area contributed by atoms with E-state index in [0.717, 1.165) is 0 Å². The number of esters is 1. The molecule has 0 radical (unpaired) electrons. The van der Waals surface area contributed by atoms with Gasteiger partial charge in [-0.3, -0.25) is 4.18 Å². The Morgan fingerprint density at radius 2 is 2.00 bits per heavy atom. The Balaban J connectivity index is -0.00000112. The zero-order valence-corrected chi connectivity index (χ0v) is 13.1. The summed E-state index contributed by atoms with van der Waals surface area (Å²) in [6.07, 6.45) is 0.660. The van der Waals surface area contributed by atoms with Crippen molar-refractivity contribution in [1.29, 1.82) is 0 Å². The number of carbonyl (C=O) groups is 1. The SMILES string of the molecule is CCCOC(=O)C(C)=CS(=O)(=O)OCCO.[H-].[Na+]. The van der Waals surface area contributed by atoms with Gasteiger partial charge in [0, 0.05) is 5.57 Å². The Labute approximate surface area is 125 Å². The maximum Gasteiger partial charge on any atom is 1.00 e. The summed E-state index contributed by atoms with van der Waals surface area (Å²) in [5.41, 5.74) is -0.0635. The van der Waals surface area contributed by atoms with Gasteiger partial charge in [0.05, 0.1) is 25.2 Å². The van der Waals surface area contributed by atoms with Crippen molar-refractivity contribution < 1.29 is 58.2 Å². The molecule has 0 aliphatic rings. The van der Waals surface area contributed by atoms with Gasteiger partial charge >= 0.3 is 35.5 Å². The van der Waals surface area contributed by atoms with Crippen LogP contribution in [0.15, 0.2) is 11.0 Å². The van der Waals surface area contributed by atoms with Crippen molar-refractivity contribution in [2.45, 2.75) is 20.3 Å². The Morgan fingerprint density at radius 1 is 1.41 bits per heavy atom. The number of aliphatic hydroxyl groups excluding tert-OH is 1. The van der Waals surface area contributed by atoms with Gasteiger partial charge in [-0.1, -0.05) is 6.92 Å². The molecular formula is C9H17NaO6S. The molecule has 0 atom stereocenters. The van der Waals surface area contributed by atoms with Gasteiger partial charge < -0.3 is 11.3 Å². The third-order valence-corrected chi connectivity index (χ3v) is 2.56. The van der Waals surface area contributed by atoms with E-state index >= 15 is 0 Å². The average molecular weight is 276 g/mol. The molecule has 8 heteroatoms. The summed E-state index contributed by atoms with van der Waals surface area (Å²) in [6, 6.07) is 0. The molecule has 0 bridgehead atoms. The summed E-state index contributed by atoms with van der Waals surface area (Å²) in [4.78, 5) is 11.2. The summed E-state index contributed by atoms with van der Waals surface area (Å²) >= 11 is 0. The smallest absolute Gasteiger partial charge is 1.00 e. The number of rotatable bonds is 7. The zero-order valence-electron chi connectivity index (χ0n) is 11.3. The Kier molecular flexibility index (Phi) is 11.5. The first kappa shape index (κ1) is 19.4. The Morgan fingerprint density at radius 3 is 2.47 bits per heavy atom. The van der Waals surface area contributed by atoms with Crippen LogP contribution in [-0.2, 0) is 23.8 Å². The van der Waals surface area contributed by atoms with Crippen LogP contribution >= 0.6 is 0 Å². The van der Waals surface area contributed by atoms with Crippen LogP contribution in [0.3, 0.4) is 0 Å². The zero-order chi connectivity index (χ0) is 12.6. The molecule has 0 saturated carbocycles. The molecule has 0 saturated heterocycles. The molecule has 0 unspecified atom stereocenters. The van der Waals surface area contributed by atoms with E-state index in [-0.39, 0.29) is 49.8 Å². The standard InChI is InChI=1S/C9H16O6S.Na.H/c1-3-5-14-9(11)8(2)7-16(12,13)15-6-4-10;;/h7,10H,3-6H2,1-2H3;;/q;+1;-1. The van der Waals surface area contributed by atoms with Crippen LogP contribution in [0.2, 0.25) is 0 Å². The molecule has 6 nitrogen and oxygen atoms in total. The van der Waals surface area contributed by atoms with Gasteiger partial charge in [0.2, 0.25) is 0 Å². The Hall–Kier alpha value is 0.0800. The predicted molar refractivity (Wildman–Crippen MR) is 58.1 cm³/mol. The van der Waals surface area contributed by atoms with Crippen LogP contribution in [-0.4, -0.2) is 39.3 Å². The molecular weight excluding hydrogens is 259 g/mol. The molecule has 0 aromatic heterocycles. The monoisotopic (exact) mass is 276 g/mol. The second-order valence-electron chi connectivity index (χ2n) is 2.98. The van der Waals surface area contributed by atoms with E-state index in [1.165, 1.54) is 6.92 Å². The number of carbonyl (C=O) groups excluding carboxylic acids is 1. The van der Waals surface area contributed by atoms with Crippen LogP contribution in [0.5, 0.6) is 0 Å². The summed E-state index contributed by atoms with van der Waals surface area (Å²) in [7, 11) is -3.94. The van der Waals surface area contributed by atoms with Gasteiger partial charge in [0.1, 0.15) is 0 Å². The van der Waals surface area contributed by atoms with E-state index in [1.54, 1.807) is 0 Å². The fourth-order valence-corrected chi connectivity index (χ4v) is 1.66. The molecule has 96 valence electrons. The minimum atomic E-state index is -3.94. The predicted octanol–water partition coefficient (Wildman–Crippen LogP) is -2.70. The van der Waals surface area contributed by atoms with E-state index in [1.807, 2.05) is 6.92 Å². The molecule has 0 heterocycles.